The van der Waals surface area contributed by atoms with Crippen molar-refractivity contribution in [2.75, 3.05) is 17.6 Å². The number of sulfone groups is 1. The molecule has 0 bridgehead atoms. The van der Waals surface area contributed by atoms with E-state index in [9.17, 15) is 13.2 Å². The molecule has 1 aliphatic heterocycles. The van der Waals surface area contributed by atoms with Gasteiger partial charge < -0.3 is 11.1 Å². The van der Waals surface area contributed by atoms with Crippen LogP contribution in [0.5, 0.6) is 0 Å². The Morgan fingerprint density at radius 3 is 2.79 bits per heavy atom. The molecule has 0 atom stereocenters. The summed E-state index contributed by atoms with van der Waals surface area (Å²) in [6.07, 6.45) is 0. The molecule has 74 valence electrons. The third kappa shape index (κ3) is 1.07. The van der Waals surface area contributed by atoms with Crippen LogP contribution in [0.1, 0.15) is 0 Å². The van der Waals surface area contributed by atoms with Gasteiger partial charge in [0.25, 0.3) is 5.12 Å². The maximum absolute atomic E-state index is 11.6. The number of fused-ring (bicyclic) bond motifs is 1. The number of carbonyl (C=O) groups excluding carboxylic acids is 1. The van der Waals surface area contributed by atoms with Crippen LogP contribution in [0.15, 0.2) is 23.1 Å². The number of nitrogens with two attached hydrogens (primary N) is 1. The maximum Gasteiger partial charge on any atom is 0.270 e. The summed E-state index contributed by atoms with van der Waals surface area (Å²) in [7, 11) is -3.88. The van der Waals surface area contributed by atoms with Gasteiger partial charge in [-0.25, -0.2) is 8.42 Å². The Labute approximate surface area is 80.8 Å². The van der Waals surface area contributed by atoms with Crippen LogP contribution in [0.4, 0.5) is 11.4 Å². The van der Waals surface area contributed by atoms with E-state index in [2.05, 4.69) is 5.32 Å². The highest BCUT2D eigenvalue weighted by molar-refractivity contribution is 8.06. The van der Waals surface area contributed by atoms with Crippen molar-refractivity contribution in [3.63, 3.8) is 0 Å². The van der Waals surface area contributed by atoms with Crippen molar-refractivity contribution in [1.29, 1.82) is 0 Å². The lowest BCUT2D eigenvalue weighted by Crippen LogP contribution is -2.30. The van der Waals surface area contributed by atoms with Gasteiger partial charge in [0.15, 0.2) is 0 Å². The zero-order valence-electron chi connectivity index (χ0n) is 7.15. The normalized spacial score (nSPS) is 18.4. The monoisotopic (exact) mass is 212 g/mol. The summed E-state index contributed by atoms with van der Waals surface area (Å²) in [5.74, 6) is 0. The van der Waals surface area contributed by atoms with Gasteiger partial charge in [-0.05, 0) is 12.1 Å². The molecule has 0 fully saturated rings. The van der Waals surface area contributed by atoms with Gasteiger partial charge in [-0.15, -0.1) is 0 Å². The second kappa shape index (κ2) is 2.71. The third-order valence-corrected chi connectivity index (χ3v) is 3.77. The Morgan fingerprint density at radius 1 is 1.36 bits per heavy atom. The van der Waals surface area contributed by atoms with Crippen LogP contribution < -0.4 is 11.1 Å². The standard InChI is InChI=1S/C8H8N2O3S/c9-5-2-1-3-6-8(5)14(12,13)7(11)4-10-6/h1-3,10H,4,9H2. The number of benzene rings is 1. The molecule has 1 aliphatic rings. The Balaban J connectivity index is 2.81. The van der Waals surface area contributed by atoms with Crippen molar-refractivity contribution < 1.29 is 13.2 Å². The minimum absolute atomic E-state index is 0.100. The van der Waals surface area contributed by atoms with Crippen molar-refractivity contribution in [3.05, 3.63) is 18.2 Å². The van der Waals surface area contributed by atoms with E-state index >= 15 is 0 Å². The molecule has 0 saturated carbocycles. The van der Waals surface area contributed by atoms with Crippen molar-refractivity contribution in [3.8, 4) is 0 Å². The van der Waals surface area contributed by atoms with Crippen LogP contribution >= 0.6 is 0 Å². The number of rotatable bonds is 0. The molecule has 0 radical (unpaired) electrons. The van der Waals surface area contributed by atoms with Crippen LogP contribution in [-0.4, -0.2) is 20.1 Å². The van der Waals surface area contributed by atoms with Crippen LogP contribution in [0.25, 0.3) is 0 Å². The Hall–Kier alpha value is -1.56. The molecule has 1 aromatic rings. The van der Waals surface area contributed by atoms with E-state index in [0.717, 1.165) is 0 Å². The minimum atomic E-state index is -3.88. The van der Waals surface area contributed by atoms with Crippen LogP contribution in [-0.2, 0) is 14.6 Å². The van der Waals surface area contributed by atoms with E-state index in [1.54, 1.807) is 12.1 Å². The van der Waals surface area contributed by atoms with E-state index in [1.807, 2.05) is 0 Å². The lowest BCUT2D eigenvalue weighted by Gasteiger charge is -2.18. The molecule has 2 rings (SSSR count). The molecule has 1 heterocycles. The highest BCUT2D eigenvalue weighted by Gasteiger charge is 2.33. The molecule has 0 saturated heterocycles. The summed E-state index contributed by atoms with van der Waals surface area (Å²) >= 11 is 0. The first-order valence-electron chi connectivity index (χ1n) is 3.94. The summed E-state index contributed by atoms with van der Waals surface area (Å²) in [5, 5.41) is 1.86. The second-order valence-electron chi connectivity index (χ2n) is 2.95. The van der Waals surface area contributed by atoms with Crippen LogP contribution in [0.3, 0.4) is 0 Å². The average molecular weight is 212 g/mol. The molecular weight excluding hydrogens is 204 g/mol. The summed E-state index contributed by atoms with van der Waals surface area (Å²) in [5.41, 5.74) is 6.00. The second-order valence-corrected chi connectivity index (χ2v) is 4.82. The van der Waals surface area contributed by atoms with Gasteiger partial charge in [0.2, 0.25) is 9.84 Å². The highest BCUT2D eigenvalue weighted by atomic mass is 32.2. The summed E-state index contributed by atoms with van der Waals surface area (Å²) in [4.78, 5) is 11.0. The molecule has 0 spiro atoms. The van der Waals surface area contributed by atoms with E-state index < -0.39 is 15.0 Å². The first-order chi connectivity index (χ1) is 6.53. The van der Waals surface area contributed by atoms with Gasteiger partial charge >= 0.3 is 0 Å². The fourth-order valence-corrected chi connectivity index (χ4v) is 2.67. The molecule has 14 heavy (non-hydrogen) atoms. The van der Waals surface area contributed by atoms with Crippen LogP contribution in [0, 0.1) is 0 Å². The summed E-state index contributed by atoms with van der Waals surface area (Å²) in [6.45, 7) is -0.196. The number of carbonyl (C=O) groups is 1. The molecule has 5 nitrogen and oxygen atoms in total. The topological polar surface area (TPSA) is 89.3 Å². The van der Waals surface area contributed by atoms with Crippen LogP contribution in [0.2, 0.25) is 0 Å². The molecule has 1 aromatic carbocycles. The number of hydrogen-bond donors (Lipinski definition) is 2. The maximum atomic E-state index is 11.6. The fraction of sp³-hybridized carbons (Fsp3) is 0.125. The summed E-state index contributed by atoms with van der Waals surface area (Å²) in [6, 6.07) is 4.67. The van der Waals surface area contributed by atoms with Crippen molar-refractivity contribution in [1.82, 2.24) is 0 Å². The molecule has 6 heteroatoms. The first kappa shape index (κ1) is 9.01. The highest BCUT2D eigenvalue weighted by Crippen LogP contribution is 2.31. The van der Waals surface area contributed by atoms with E-state index in [1.165, 1.54) is 6.07 Å². The van der Waals surface area contributed by atoms with Gasteiger partial charge in [-0.3, -0.25) is 4.79 Å². The van der Waals surface area contributed by atoms with Crippen molar-refractivity contribution in [2.45, 2.75) is 4.90 Å². The Kier molecular flexibility index (Phi) is 1.75. The zero-order valence-corrected chi connectivity index (χ0v) is 7.97. The SMILES string of the molecule is Nc1cccc2c1S(=O)(=O)C(=O)CN2. The lowest BCUT2D eigenvalue weighted by molar-refractivity contribution is -0.110. The summed E-state index contributed by atoms with van der Waals surface area (Å²) < 4.78 is 23.1. The predicted molar refractivity (Wildman–Crippen MR) is 51.5 cm³/mol. The molecular formula is C8H8N2O3S. The van der Waals surface area contributed by atoms with E-state index in [-0.39, 0.29) is 17.1 Å². The number of anilines is 2. The predicted octanol–water partition coefficient (Wildman–Crippen LogP) is -0.00540. The molecule has 0 aromatic heterocycles. The minimum Gasteiger partial charge on any atom is -0.398 e. The zero-order chi connectivity index (χ0) is 10.3. The van der Waals surface area contributed by atoms with Gasteiger partial charge in [0.1, 0.15) is 4.90 Å². The molecule has 0 unspecified atom stereocenters. The average Bonchev–Trinajstić information content (AvgIpc) is 2.11. The fourth-order valence-electron chi connectivity index (χ4n) is 1.37. The van der Waals surface area contributed by atoms with Crippen molar-refractivity contribution >= 4 is 26.3 Å². The van der Waals surface area contributed by atoms with Gasteiger partial charge in [-0.1, -0.05) is 6.07 Å². The number of nitrogens with one attached hydrogen (secondary N) is 1. The lowest BCUT2D eigenvalue weighted by atomic mass is 10.3. The number of hydrogen-bond acceptors (Lipinski definition) is 5. The molecule has 0 amide bonds. The molecule has 3 N–H and O–H groups in total. The van der Waals surface area contributed by atoms with Gasteiger partial charge in [0, 0.05) is 0 Å². The van der Waals surface area contributed by atoms with E-state index in [0.29, 0.717) is 5.69 Å². The first-order valence-corrected chi connectivity index (χ1v) is 5.42. The van der Waals surface area contributed by atoms with E-state index in [4.69, 9.17) is 5.73 Å². The largest absolute Gasteiger partial charge is 0.398 e. The van der Waals surface area contributed by atoms with Crippen molar-refractivity contribution in [2.24, 2.45) is 0 Å². The van der Waals surface area contributed by atoms with Gasteiger partial charge in [-0.2, -0.15) is 0 Å². The Bertz CT molecular complexity index is 507. The smallest absolute Gasteiger partial charge is 0.270 e. The third-order valence-electron chi connectivity index (χ3n) is 2.04. The Morgan fingerprint density at radius 2 is 2.07 bits per heavy atom. The number of nitrogen functional groups attached to an aromatic ring is 1. The molecule has 0 aliphatic carbocycles. The van der Waals surface area contributed by atoms with Gasteiger partial charge in [0.05, 0.1) is 17.9 Å². The quantitative estimate of drug-likeness (QED) is 0.590.